The lowest BCUT2D eigenvalue weighted by Gasteiger charge is -2.28. The summed E-state index contributed by atoms with van der Waals surface area (Å²) in [5.74, 6) is 1.36. The molecule has 4 N–H and O–H groups in total. The van der Waals surface area contributed by atoms with Crippen molar-refractivity contribution in [2.24, 2.45) is 0 Å². The van der Waals surface area contributed by atoms with E-state index in [9.17, 15) is 18.6 Å². The molecule has 2 aliphatic rings. The lowest BCUT2D eigenvalue weighted by Crippen LogP contribution is -2.28. The topological polar surface area (TPSA) is 168 Å². The van der Waals surface area contributed by atoms with Gasteiger partial charge in [0, 0.05) is 41.1 Å². The van der Waals surface area contributed by atoms with Crippen LogP contribution in [0.1, 0.15) is 57.4 Å². The van der Waals surface area contributed by atoms with Crippen LogP contribution >= 0.6 is 11.3 Å². The maximum Gasteiger partial charge on any atom is 0.256 e. The van der Waals surface area contributed by atoms with Gasteiger partial charge < -0.3 is 20.8 Å². The van der Waals surface area contributed by atoms with Crippen molar-refractivity contribution in [3.05, 3.63) is 47.3 Å². The van der Waals surface area contributed by atoms with Gasteiger partial charge in [0.05, 0.1) is 35.0 Å². The Labute approximate surface area is 242 Å². The molecule has 12 nitrogen and oxygen atoms in total. The highest BCUT2D eigenvalue weighted by Crippen LogP contribution is 2.35. The van der Waals surface area contributed by atoms with Gasteiger partial charge in [0.25, 0.3) is 10.0 Å². The Morgan fingerprint density at radius 1 is 1.05 bits per heavy atom. The Hall–Kier alpha value is -3.46. The van der Waals surface area contributed by atoms with E-state index in [1.54, 1.807) is 32.3 Å². The molecule has 4 aromatic rings. The van der Waals surface area contributed by atoms with E-state index in [0.29, 0.717) is 46.6 Å². The van der Waals surface area contributed by atoms with Crippen LogP contribution in [0.2, 0.25) is 0 Å². The third-order valence-electron chi connectivity index (χ3n) is 7.20. The second-order valence-electron chi connectivity index (χ2n) is 11.1. The lowest BCUT2D eigenvalue weighted by molar-refractivity contribution is 0.0783. The Morgan fingerprint density at radius 3 is 2.54 bits per heavy atom. The fraction of sp³-hybridized carbons (Fsp3) is 0.444. The summed E-state index contributed by atoms with van der Waals surface area (Å²) in [6.45, 7) is 3.42. The van der Waals surface area contributed by atoms with Gasteiger partial charge in [-0.2, -0.15) is 9.19 Å². The van der Waals surface area contributed by atoms with E-state index < -0.39 is 15.6 Å². The molecule has 2 saturated carbocycles. The first kappa shape index (κ1) is 27.7. The molecule has 0 aromatic carbocycles. The molecule has 2 fully saturated rings. The minimum Gasteiger partial charge on any atom is -0.393 e. The minimum absolute atomic E-state index is 0.189. The minimum atomic E-state index is -3.48. The Kier molecular flexibility index (Phi) is 7.26. The average Bonchev–Trinajstić information content (AvgIpc) is 3.46. The molecule has 0 aliphatic heterocycles. The number of thiazole rings is 1. The smallest absolute Gasteiger partial charge is 0.256 e. The number of rotatable bonds is 9. The number of aliphatic hydroxyl groups is 2. The van der Waals surface area contributed by atoms with Gasteiger partial charge in [0.1, 0.15) is 22.2 Å². The summed E-state index contributed by atoms with van der Waals surface area (Å²) in [4.78, 5) is 18.1. The number of aliphatic hydroxyl groups excluding tert-OH is 1. The number of nitrogens with zero attached hydrogens (tertiary/aromatic N) is 6. The highest BCUT2D eigenvalue weighted by Gasteiger charge is 2.37. The summed E-state index contributed by atoms with van der Waals surface area (Å²) >= 11 is 1.39. The van der Waals surface area contributed by atoms with Gasteiger partial charge in [-0.3, -0.25) is 0 Å². The van der Waals surface area contributed by atoms with Crippen LogP contribution in [-0.4, -0.2) is 65.1 Å². The van der Waals surface area contributed by atoms with E-state index in [-0.39, 0.29) is 17.4 Å². The molecule has 2 aliphatic carbocycles. The summed E-state index contributed by atoms with van der Waals surface area (Å²) < 4.78 is 26.1. The van der Waals surface area contributed by atoms with Crippen molar-refractivity contribution < 1.29 is 18.6 Å². The van der Waals surface area contributed by atoms with Crippen LogP contribution in [0.15, 0.2) is 42.3 Å². The van der Waals surface area contributed by atoms with Gasteiger partial charge >= 0.3 is 0 Å². The zero-order valence-corrected chi connectivity index (χ0v) is 24.4. The zero-order chi connectivity index (χ0) is 28.8. The van der Waals surface area contributed by atoms with Gasteiger partial charge in [-0.15, -0.1) is 11.3 Å². The largest absolute Gasteiger partial charge is 0.393 e. The highest BCUT2D eigenvalue weighted by atomic mass is 32.2. The second-order valence-corrected chi connectivity index (χ2v) is 14.0. The highest BCUT2D eigenvalue weighted by molar-refractivity contribution is 7.90. The Bertz CT molecular complexity index is 1650. The summed E-state index contributed by atoms with van der Waals surface area (Å²) in [6.07, 6.45) is 10.4. The predicted molar refractivity (Wildman–Crippen MR) is 156 cm³/mol. The molecule has 4 heterocycles. The third kappa shape index (κ3) is 6.10. The molecule has 41 heavy (non-hydrogen) atoms. The molecule has 216 valence electrons. The molecule has 0 bridgehead atoms. The first-order valence-electron chi connectivity index (χ1n) is 13.6. The van der Waals surface area contributed by atoms with E-state index in [1.807, 2.05) is 11.4 Å². The maximum atomic E-state index is 12.5. The first-order chi connectivity index (χ1) is 19.6. The first-order valence-corrected chi connectivity index (χ1v) is 16.0. The van der Waals surface area contributed by atoms with Crippen LogP contribution < -0.4 is 10.6 Å². The fourth-order valence-corrected chi connectivity index (χ4v) is 7.06. The second kappa shape index (κ2) is 10.7. The number of pyridine rings is 1. The molecule has 0 atom stereocenters. The van der Waals surface area contributed by atoms with Crippen LogP contribution in [0.3, 0.4) is 0 Å². The molecule has 0 saturated heterocycles. The normalized spacial score (nSPS) is 19.7. The van der Waals surface area contributed by atoms with Crippen molar-refractivity contribution in [1.29, 1.82) is 0 Å². The Balaban J connectivity index is 1.27. The quantitative estimate of drug-likeness (QED) is 0.221. The summed E-state index contributed by atoms with van der Waals surface area (Å²) in [7, 11) is -3.48. The maximum absolute atomic E-state index is 12.5. The third-order valence-corrected chi connectivity index (χ3v) is 10.4. The van der Waals surface area contributed by atoms with Crippen LogP contribution in [0, 0.1) is 0 Å². The molecule has 4 aromatic heterocycles. The molecular weight excluding hydrogens is 564 g/mol. The van der Waals surface area contributed by atoms with Gasteiger partial charge in [0.2, 0.25) is 0 Å². The molecule has 0 amide bonds. The van der Waals surface area contributed by atoms with Gasteiger partial charge in [0.15, 0.2) is 5.82 Å². The molecule has 14 heteroatoms. The van der Waals surface area contributed by atoms with Crippen molar-refractivity contribution in [2.75, 3.05) is 10.6 Å². The van der Waals surface area contributed by atoms with Crippen molar-refractivity contribution in [3.63, 3.8) is 0 Å². The number of hydrogen-bond donors (Lipinski definition) is 4. The SMILES string of the molecule is CC(C)(O)c1nc(-c2cnc(Nc3ccnc(-c4cnn(S(=O)(=O)C5CC5)c4)n3)cc2NC2CCC(O)CC2)cs1. The van der Waals surface area contributed by atoms with Crippen LogP contribution in [0.25, 0.3) is 22.6 Å². The van der Waals surface area contributed by atoms with E-state index in [1.165, 1.54) is 23.7 Å². The standard InChI is InChI=1S/C27H32N8O4S2/c1-27(2,37)26-32-22(15-40-26)20-13-29-24(11-21(20)31-17-3-5-18(36)6-4-17)33-23-9-10-28-25(34-23)16-12-30-35(14-16)41(38,39)19-7-8-19/h9-15,17-19,36-37H,3-8H2,1-2H3,(H2,28,29,31,33,34). The zero-order valence-electron chi connectivity index (χ0n) is 22.7. The van der Waals surface area contributed by atoms with Crippen molar-refractivity contribution in [2.45, 2.75) is 75.4 Å². The molecule has 0 spiro atoms. The number of nitrogens with one attached hydrogen (secondary N) is 2. The van der Waals surface area contributed by atoms with E-state index in [2.05, 4.69) is 35.7 Å². The summed E-state index contributed by atoms with van der Waals surface area (Å²) in [5.41, 5.74) is 1.80. The summed E-state index contributed by atoms with van der Waals surface area (Å²) in [6, 6.07) is 3.79. The van der Waals surface area contributed by atoms with Gasteiger partial charge in [-0.1, -0.05) is 0 Å². The van der Waals surface area contributed by atoms with E-state index >= 15 is 0 Å². The average molecular weight is 597 g/mol. The number of hydrogen-bond acceptors (Lipinski definition) is 12. The molecule has 6 rings (SSSR count). The van der Waals surface area contributed by atoms with Gasteiger partial charge in [-0.25, -0.2) is 28.4 Å². The molecular formula is C27H32N8O4S2. The summed E-state index contributed by atoms with van der Waals surface area (Å²) in [5, 5.41) is 33.4. The number of aromatic nitrogens is 6. The van der Waals surface area contributed by atoms with Crippen LogP contribution in [-0.2, 0) is 15.6 Å². The fourth-order valence-electron chi connectivity index (χ4n) is 4.74. The van der Waals surface area contributed by atoms with Gasteiger partial charge in [-0.05, 0) is 58.4 Å². The van der Waals surface area contributed by atoms with E-state index in [0.717, 1.165) is 41.0 Å². The van der Waals surface area contributed by atoms with Crippen LogP contribution in [0.4, 0.5) is 17.3 Å². The van der Waals surface area contributed by atoms with Crippen molar-refractivity contribution in [1.82, 2.24) is 29.1 Å². The monoisotopic (exact) mass is 596 g/mol. The van der Waals surface area contributed by atoms with Crippen molar-refractivity contribution >= 4 is 38.7 Å². The molecule has 0 radical (unpaired) electrons. The van der Waals surface area contributed by atoms with Crippen molar-refractivity contribution in [3.8, 4) is 22.6 Å². The van der Waals surface area contributed by atoms with Crippen LogP contribution in [0.5, 0.6) is 0 Å². The van der Waals surface area contributed by atoms with E-state index in [4.69, 9.17) is 0 Å². The lowest BCUT2D eigenvalue weighted by atomic mass is 9.93. The predicted octanol–water partition coefficient (Wildman–Crippen LogP) is 3.89. The Morgan fingerprint density at radius 2 is 1.83 bits per heavy atom. The number of anilines is 3. The molecule has 0 unspecified atom stereocenters.